The number of hydrogen-bond acceptors (Lipinski definition) is 4. The van der Waals surface area contributed by atoms with Gasteiger partial charge in [-0.15, -0.1) is 0 Å². The fraction of sp³-hybridized carbons (Fsp3) is 0.125. The molecule has 0 aliphatic heterocycles. The average molecular weight is 450 g/mol. The number of hydrogen-bond donors (Lipinski definition) is 1. The lowest BCUT2D eigenvalue weighted by molar-refractivity contribution is -0.113. The SMILES string of the molecule is Cc1ccc(-n2c(SCC(=O)Nc3ccc(C)c(Cl)c3)nc3ccccc3c2=O)cc1. The highest BCUT2D eigenvalue weighted by atomic mass is 35.5. The van der Waals surface area contributed by atoms with E-state index in [2.05, 4.69) is 10.3 Å². The number of thioether (sulfide) groups is 1. The number of rotatable bonds is 5. The third kappa shape index (κ3) is 4.65. The van der Waals surface area contributed by atoms with Gasteiger partial charge < -0.3 is 5.32 Å². The van der Waals surface area contributed by atoms with E-state index in [4.69, 9.17) is 11.6 Å². The van der Waals surface area contributed by atoms with Crippen LogP contribution in [-0.2, 0) is 4.79 Å². The zero-order valence-electron chi connectivity index (χ0n) is 17.1. The van der Waals surface area contributed by atoms with Gasteiger partial charge in [-0.25, -0.2) is 4.98 Å². The van der Waals surface area contributed by atoms with E-state index in [-0.39, 0.29) is 17.2 Å². The van der Waals surface area contributed by atoms with Crippen LogP contribution in [0, 0.1) is 13.8 Å². The number of para-hydroxylation sites is 1. The topological polar surface area (TPSA) is 64.0 Å². The maximum atomic E-state index is 13.2. The van der Waals surface area contributed by atoms with Crippen molar-refractivity contribution >= 4 is 45.9 Å². The van der Waals surface area contributed by atoms with Gasteiger partial charge in [-0.05, 0) is 55.8 Å². The molecule has 0 fully saturated rings. The minimum absolute atomic E-state index is 0.0993. The predicted octanol–water partition coefficient (Wildman–Crippen LogP) is 5.39. The summed E-state index contributed by atoms with van der Waals surface area (Å²) < 4.78 is 1.56. The molecule has 0 aliphatic rings. The number of fused-ring (bicyclic) bond motifs is 1. The van der Waals surface area contributed by atoms with Crippen molar-refractivity contribution in [2.75, 3.05) is 11.1 Å². The number of carbonyl (C=O) groups is 1. The summed E-state index contributed by atoms with van der Waals surface area (Å²) in [5.74, 6) is -0.106. The van der Waals surface area contributed by atoms with Gasteiger partial charge >= 0.3 is 0 Å². The molecule has 0 aliphatic carbocycles. The van der Waals surface area contributed by atoms with Gasteiger partial charge in [-0.1, -0.05) is 59.3 Å². The van der Waals surface area contributed by atoms with Gasteiger partial charge in [0.15, 0.2) is 5.16 Å². The third-order valence-electron chi connectivity index (χ3n) is 4.83. The number of anilines is 1. The molecule has 31 heavy (non-hydrogen) atoms. The van der Waals surface area contributed by atoms with Gasteiger partial charge in [-0.2, -0.15) is 0 Å². The van der Waals surface area contributed by atoms with Crippen molar-refractivity contribution in [3.05, 3.63) is 93.2 Å². The fourth-order valence-electron chi connectivity index (χ4n) is 3.13. The number of nitrogens with one attached hydrogen (secondary N) is 1. The van der Waals surface area contributed by atoms with E-state index in [1.165, 1.54) is 11.8 Å². The summed E-state index contributed by atoms with van der Waals surface area (Å²) in [5.41, 5.74) is 3.81. The monoisotopic (exact) mass is 449 g/mol. The highest BCUT2D eigenvalue weighted by Gasteiger charge is 2.15. The molecule has 0 radical (unpaired) electrons. The molecule has 4 rings (SSSR count). The molecule has 0 bridgehead atoms. The van der Waals surface area contributed by atoms with E-state index in [0.29, 0.717) is 32.5 Å². The largest absolute Gasteiger partial charge is 0.325 e. The Labute approximate surface area is 189 Å². The summed E-state index contributed by atoms with van der Waals surface area (Å²) in [4.78, 5) is 30.4. The minimum Gasteiger partial charge on any atom is -0.325 e. The lowest BCUT2D eigenvalue weighted by Crippen LogP contribution is -2.23. The summed E-state index contributed by atoms with van der Waals surface area (Å²) >= 11 is 7.35. The summed E-state index contributed by atoms with van der Waals surface area (Å²) in [6.45, 7) is 3.89. The van der Waals surface area contributed by atoms with E-state index >= 15 is 0 Å². The van der Waals surface area contributed by atoms with Crippen molar-refractivity contribution in [1.29, 1.82) is 0 Å². The van der Waals surface area contributed by atoms with Crippen LogP contribution >= 0.6 is 23.4 Å². The molecular formula is C24H20ClN3O2S. The first kappa shape index (κ1) is 21.2. The van der Waals surface area contributed by atoms with Crippen LogP contribution in [0.3, 0.4) is 0 Å². The average Bonchev–Trinajstić information content (AvgIpc) is 2.76. The number of amides is 1. The van der Waals surface area contributed by atoms with Crippen LogP contribution < -0.4 is 10.9 Å². The van der Waals surface area contributed by atoms with Gasteiger partial charge in [0.25, 0.3) is 5.56 Å². The van der Waals surface area contributed by atoms with Crippen molar-refractivity contribution in [1.82, 2.24) is 9.55 Å². The molecular weight excluding hydrogens is 430 g/mol. The molecule has 5 nitrogen and oxygen atoms in total. The van der Waals surface area contributed by atoms with Gasteiger partial charge in [0, 0.05) is 10.7 Å². The Bertz CT molecular complexity index is 1330. The van der Waals surface area contributed by atoms with E-state index in [1.807, 2.05) is 56.3 Å². The van der Waals surface area contributed by atoms with Crippen molar-refractivity contribution in [2.24, 2.45) is 0 Å². The van der Waals surface area contributed by atoms with Crippen LogP contribution in [0.25, 0.3) is 16.6 Å². The Kier molecular flexibility index (Phi) is 6.11. The van der Waals surface area contributed by atoms with Gasteiger partial charge in [0.1, 0.15) is 0 Å². The third-order valence-corrected chi connectivity index (χ3v) is 6.17. The first-order valence-electron chi connectivity index (χ1n) is 9.70. The summed E-state index contributed by atoms with van der Waals surface area (Å²) in [6.07, 6.45) is 0. The smallest absolute Gasteiger partial charge is 0.266 e. The predicted molar refractivity (Wildman–Crippen MR) is 128 cm³/mol. The second-order valence-electron chi connectivity index (χ2n) is 7.19. The molecule has 156 valence electrons. The Morgan fingerprint density at radius 2 is 1.81 bits per heavy atom. The van der Waals surface area contributed by atoms with Crippen LogP contribution in [0.15, 0.2) is 76.7 Å². The highest BCUT2D eigenvalue weighted by Crippen LogP contribution is 2.23. The summed E-state index contributed by atoms with van der Waals surface area (Å²) in [6, 6.07) is 20.2. The molecule has 0 unspecified atom stereocenters. The van der Waals surface area contributed by atoms with Crippen molar-refractivity contribution < 1.29 is 4.79 Å². The second-order valence-corrected chi connectivity index (χ2v) is 8.54. The molecule has 4 aromatic rings. The van der Waals surface area contributed by atoms with Crippen molar-refractivity contribution in [3.63, 3.8) is 0 Å². The number of aryl methyl sites for hydroxylation is 2. The number of nitrogens with zero attached hydrogens (tertiary/aromatic N) is 2. The van der Waals surface area contributed by atoms with Gasteiger partial charge in [0.2, 0.25) is 5.91 Å². The molecule has 0 saturated carbocycles. The molecule has 1 aromatic heterocycles. The lowest BCUT2D eigenvalue weighted by Gasteiger charge is -2.13. The lowest BCUT2D eigenvalue weighted by atomic mass is 10.2. The molecule has 0 spiro atoms. The van der Waals surface area contributed by atoms with Crippen LogP contribution in [-0.4, -0.2) is 21.2 Å². The standard InChI is InChI=1S/C24H20ClN3O2S/c1-15-7-11-18(12-8-15)28-23(30)19-5-3-4-6-21(19)27-24(28)31-14-22(29)26-17-10-9-16(2)20(25)13-17/h3-13H,14H2,1-2H3,(H,26,29). The number of benzene rings is 3. The van der Waals surface area contributed by atoms with Crippen LogP contribution in [0.2, 0.25) is 5.02 Å². The zero-order valence-corrected chi connectivity index (χ0v) is 18.6. The van der Waals surface area contributed by atoms with Gasteiger partial charge in [0.05, 0.1) is 22.3 Å². The maximum absolute atomic E-state index is 13.2. The quantitative estimate of drug-likeness (QED) is 0.328. The molecule has 7 heteroatoms. The molecule has 0 saturated heterocycles. The summed E-state index contributed by atoms with van der Waals surface area (Å²) in [7, 11) is 0. The molecule has 1 amide bonds. The Morgan fingerprint density at radius 3 is 2.55 bits per heavy atom. The first-order valence-corrected chi connectivity index (χ1v) is 11.1. The molecule has 3 aromatic carbocycles. The van der Waals surface area contributed by atoms with Crippen molar-refractivity contribution in [3.8, 4) is 5.69 Å². The van der Waals surface area contributed by atoms with Crippen molar-refractivity contribution in [2.45, 2.75) is 19.0 Å². The molecule has 0 atom stereocenters. The highest BCUT2D eigenvalue weighted by molar-refractivity contribution is 7.99. The van der Waals surface area contributed by atoms with Crippen LogP contribution in [0.5, 0.6) is 0 Å². The number of halogens is 1. The van der Waals surface area contributed by atoms with Gasteiger partial charge in [-0.3, -0.25) is 14.2 Å². The maximum Gasteiger partial charge on any atom is 0.266 e. The first-order chi connectivity index (χ1) is 14.9. The Balaban J connectivity index is 1.65. The second kappa shape index (κ2) is 8.96. The normalized spacial score (nSPS) is 10.9. The zero-order chi connectivity index (χ0) is 22.0. The fourth-order valence-corrected chi connectivity index (χ4v) is 4.12. The molecule has 1 heterocycles. The minimum atomic E-state index is -0.206. The van der Waals surface area contributed by atoms with E-state index in [9.17, 15) is 9.59 Å². The summed E-state index contributed by atoms with van der Waals surface area (Å²) in [5, 5.41) is 4.43. The van der Waals surface area contributed by atoms with E-state index in [1.54, 1.807) is 28.8 Å². The number of carbonyl (C=O) groups excluding carboxylic acids is 1. The number of aromatic nitrogens is 2. The van der Waals surface area contributed by atoms with Crippen LogP contribution in [0.4, 0.5) is 5.69 Å². The molecule has 1 N–H and O–H groups in total. The Hall–Kier alpha value is -3.09. The van der Waals surface area contributed by atoms with Crippen LogP contribution in [0.1, 0.15) is 11.1 Å². The van der Waals surface area contributed by atoms with E-state index in [0.717, 1.165) is 11.1 Å². The Morgan fingerprint density at radius 1 is 1.06 bits per heavy atom. The van der Waals surface area contributed by atoms with E-state index < -0.39 is 0 Å².